The Morgan fingerprint density at radius 3 is 2.53 bits per heavy atom. The zero-order valence-electron chi connectivity index (χ0n) is 18.2. The molecule has 0 fully saturated rings. The van der Waals surface area contributed by atoms with E-state index in [0.717, 1.165) is 47.0 Å². The summed E-state index contributed by atoms with van der Waals surface area (Å²) in [4.78, 5) is 17.4. The highest BCUT2D eigenvalue weighted by atomic mass is 16.4. The SMILES string of the molecule is CCC(C)(C)C1CC(=Cc2ccccc2C)c2nc3ccccc3c(C(=O)O)c2C1. The maximum atomic E-state index is 12.4. The Morgan fingerprint density at radius 2 is 1.83 bits per heavy atom. The smallest absolute Gasteiger partial charge is 0.336 e. The van der Waals surface area contributed by atoms with Crippen molar-refractivity contribution in [2.24, 2.45) is 11.3 Å². The highest BCUT2D eigenvalue weighted by Gasteiger charge is 2.36. The second kappa shape index (κ2) is 7.71. The Bertz CT molecular complexity index is 1160. The van der Waals surface area contributed by atoms with Gasteiger partial charge in [0, 0.05) is 5.39 Å². The molecule has 1 N–H and O–H groups in total. The maximum Gasteiger partial charge on any atom is 0.336 e. The molecule has 0 amide bonds. The number of pyridine rings is 1. The van der Waals surface area contributed by atoms with Crippen LogP contribution in [0.2, 0.25) is 0 Å². The first-order valence-electron chi connectivity index (χ1n) is 10.7. The number of hydrogen-bond acceptors (Lipinski definition) is 2. The van der Waals surface area contributed by atoms with Gasteiger partial charge in [0.1, 0.15) is 0 Å². The van der Waals surface area contributed by atoms with Crippen LogP contribution in [-0.4, -0.2) is 16.1 Å². The van der Waals surface area contributed by atoms with Crippen molar-refractivity contribution in [3.8, 4) is 0 Å². The summed E-state index contributed by atoms with van der Waals surface area (Å²) in [6.45, 7) is 8.92. The number of fused-ring (bicyclic) bond motifs is 2. The summed E-state index contributed by atoms with van der Waals surface area (Å²) in [6.07, 6.45) is 4.93. The average Bonchev–Trinajstić information content (AvgIpc) is 2.73. The molecule has 0 saturated heterocycles. The Morgan fingerprint density at radius 1 is 1.13 bits per heavy atom. The summed E-state index contributed by atoms with van der Waals surface area (Å²) in [5, 5.41) is 10.9. The van der Waals surface area contributed by atoms with Crippen LogP contribution >= 0.6 is 0 Å². The van der Waals surface area contributed by atoms with E-state index in [9.17, 15) is 9.90 Å². The summed E-state index contributed by atoms with van der Waals surface area (Å²) < 4.78 is 0. The van der Waals surface area contributed by atoms with Crippen molar-refractivity contribution < 1.29 is 9.90 Å². The third-order valence-corrected chi connectivity index (χ3v) is 6.96. The molecule has 0 bridgehead atoms. The number of aromatic nitrogens is 1. The van der Waals surface area contributed by atoms with Gasteiger partial charge in [-0.15, -0.1) is 0 Å². The first kappa shape index (κ1) is 20.3. The molecule has 1 aliphatic rings. The first-order chi connectivity index (χ1) is 14.3. The zero-order valence-corrected chi connectivity index (χ0v) is 18.2. The lowest BCUT2D eigenvalue weighted by Gasteiger charge is -2.38. The molecule has 0 radical (unpaired) electrons. The van der Waals surface area contributed by atoms with Crippen LogP contribution in [0.3, 0.4) is 0 Å². The van der Waals surface area contributed by atoms with E-state index >= 15 is 0 Å². The fourth-order valence-corrected chi connectivity index (χ4v) is 4.55. The van der Waals surface area contributed by atoms with Gasteiger partial charge in [-0.1, -0.05) is 69.7 Å². The molecular weight excluding hydrogens is 370 g/mol. The molecule has 0 spiro atoms. The fourth-order valence-electron chi connectivity index (χ4n) is 4.55. The minimum atomic E-state index is -0.866. The predicted molar refractivity (Wildman–Crippen MR) is 124 cm³/mol. The molecule has 30 heavy (non-hydrogen) atoms. The molecule has 1 heterocycles. The van der Waals surface area contributed by atoms with E-state index in [4.69, 9.17) is 4.98 Å². The van der Waals surface area contributed by atoms with Gasteiger partial charge in [-0.05, 0) is 65.5 Å². The number of nitrogens with zero attached hydrogens (tertiary/aromatic N) is 1. The molecule has 3 aromatic rings. The van der Waals surface area contributed by atoms with Crippen LogP contribution in [0, 0.1) is 18.3 Å². The molecule has 0 aliphatic heterocycles. The number of carboxylic acids is 1. The minimum Gasteiger partial charge on any atom is -0.478 e. The van der Waals surface area contributed by atoms with Crippen LogP contribution < -0.4 is 0 Å². The Hall–Kier alpha value is -2.94. The zero-order chi connectivity index (χ0) is 21.5. The van der Waals surface area contributed by atoms with Crippen LogP contribution in [0.15, 0.2) is 48.5 Å². The van der Waals surface area contributed by atoms with E-state index in [1.54, 1.807) is 0 Å². The van der Waals surface area contributed by atoms with E-state index in [1.807, 2.05) is 36.4 Å². The molecule has 0 saturated carbocycles. The summed E-state index contributed by atoms with van der Waals surface area (Å²) >= 11 is 0. The molecule has 2 aromatic carbocycles. The Labute approximate surface area is 178 Å². The van der Waals surface area contributed by atoms with Gasteiger partial charge in [-0.3, -0.25) is 0 Å². The van der Waals surface area contributed by atoms with Crippen LogP contribution in [0.4, 0.5) is 0 Å². The van der Waals surface area contributed by atoms with E-state index in [2.05, 4.69) is 45.9 Å². The third kappa shape index (κ3) is 3.54. The molecule has 1 atom stereocenters. The van der Waals surface area contributed by atoms with Gasteiger partial charge in [-0.25, -0.2) is 9.78 Å². The largest absolute Gasteiger partial charge is 0.478 e. The number of aromatic carboxylic acids is 1. The highest BCUT2D eigenvalue weighted by molar-refractivity contribution is 6.06. The van der Waals surface area contributed by atoms with Crippen molar-refractivity contribution in [1.29, 1.82) is 0 Å². The molecule has 3 heteroatoms. The molecule has 1 aromatic heterocycles. The van der Waals surface area contributed by atoms with Gasteiger partial charge in [0.15, 0.2) is 0 Å². The summed E-state index contributed by atoms with van der Waals surface area (Å²) in [7, 11) is 0. The molecule has 154 valence electrons. The van der Waals surface area contributed by atoms with Gasteiger partial charge in [0.2, 0.25) is 0 Å². The normalized spacial score (nSPS) is 17.9. The second-order valence-electron chi connectivity index (χ2n) is 9.11. The molecule has 1 aliphatic carbocycles. The van der Waals surface area contributed by atoms with Crippen molar-refractivity contribution in [3.63, 3.8) is 0 Å². The number of para-hydroxylation sites is 1. The maximum absolute atomic E-state index is 12.4. The van der Waals surface area contributed by atoms with Crippen molar-refractivity contribution in [1.82, 2.24) is 4.98 Å². The number of carboxylic acid groups (broad SMARTS) is 1. The van der Waals surface area contributed by atoms with E-state index in [-0.39, 0.29) is 5.41 Å². The van der Waals surface area contributed by atoms with E-state index < -0.39 is 5.97 Å². The average molecular weight is 400 g/mol. The summed E-state index contributed by atoms with van der Waals surface area (Å²) in [5.41, 5.74) is 6.55. The second-order valence-corrected chi connectivity index (χ2v) is 9.11. The molecule has 4 rings (SSSR count). The van der Waals surface area contributed by atoms with Gasteiger partial charge in [0.05, 0.1) is 16.8 Å². The predicted octanol–water partition coefficient (Wildman–Crippen LogP) is 6.78. The van der Waals surface area contributed by atoms with E-state index in [0.29, 0.717) is 11.5 Å². The highest BCUT2D eigenvalue weighted by Crippen LogP contribution is 2.46. The lowest BCUT2D eigenvalue weighted by molar-refractivity contribution is 0.0696. The van der Waals surface area contributed by atoms with Crippen molar-refractivity contribution in [2.45, 2.75) is 47.0 Å². The van der Waals surface area contributed by atoms with Crippen molar-refractivity contribution in [2.75, 3.05) is 0 Å². The lowest BCUT2D eigenvalue weighted by atomic mass is 9.67. The molecule has 3 nitrogen and oxygen atoms in total. The standard InChI is InChI=1S/C27H29NO2/c1-5-27(3,4)20-15-19(14-18-11-7-6-10-17(18)2)25-22(16-20)24(26(29)30)21-12-8-9-13-23(21)28-25/h6-14,20H,5,15-16H2,1-4H3,(H,29,30). The minimum absolute atomic E-state index is 0.115. The number of benzene rings is 2. The lowest BCUT2D eigenvalue weighted by Crippen LogP contribution is -2.30. The van der Waals surface area contributed by atoms with E-state index in [1.165, 1.54) is 11.1 Å². The van der Waals surface area contributed by atoms with Crippen LogP contribution in [-0.2, 0) is 6.42 Å². The van der Waals surface area contributed by atoms with Gasteiger partial charge in [0.25, 0.3) is 0 Å². The van der Waals surface area contributed by atoms with Crippen molar-refractivity contribution in [3.05, 3.63) is 76.5 Å². The number of hydrogen-bond donors (Lipinski definition) is 1. The third-order valence-electron chi connectivity index (χ3n) is 6.96. The summed E-state index contributed by atoms with van der Waals surface area (Å²) in [6, 6.07) is 15.9. The van der Waals surface area contributed by atoms with Crippen LogP contribution in [0.25, 0.3) is 22.6 Å². The van der Waals surface area contributed by atoms with Gasteiger partial charge < -0.3 is 5.11 Å². The Kier molecular flexibility index (Phi) is 5.23. The van der Waals surface area contributed by atoms with Crippen molar-refractivity contribution >= 4 is 28.5 Å². The number of aryl methyl sites for hydroxylation is 1. The van der Waals surface area contributed by atoms with Crippen LogP contribution in [0.5, 0.6) is 0 Å². The number of allylic oxidation sites excluding steroid dienone is 1. The van der Waals surface area contributed by atoms with Gasteiger partial charge >= 0.3 is 5.97 Å². The fraction of sp³-hybridized carbons (Fsp3) is 0.333. The Balaban J connectivity index is 2.01. The first-order valence-corrected chi connectivity index (χ1v) is 10.7. The topological polar surface area (TPSA) is 50.2 Å². The molecular formula is C27H29NO2. The van der Waals surface area contributed by atoms with Crippen LogP contribution in [0.1, 0.15) is 66.4 Å². The number of rotatable bonds is 4. The molecule has 1 unspecified atom stereocenters. The quantitative estimate of drug-likeness (QED) is 0.526. The van der Waals surface area contributed by atoms with Gasteiger partial charge in [-0.2, -0.15) is 0 Å². The summed E-state index contributed by atoms with van der Waals surface area (Å²) in [5.74, 6) is -0.499. The number of carbonyl (C=O) groups is 1. The monoisotopic (exact) mass is 399 g/mol.